The number of aromatic nitrogens is 2. The van der Waals surface area contributed by atoms with Crippen LogP contribution in [0, 0.1) is 6.92 Å². The Morgan fingerprint density at radius 1 is 1.53 bits per heavy atom. The van der Waals surface area contributed by atoms with E-state index in [0.29, 0.717) is 23.6 Å². The molecule has 15 heavy (non-hydrogen) atoms. The van der Waals surface area contributed by atoms with Gasteiger partial charge in [0.1, 0.15) is 17.6 Å². The molecular weight excluding hydrogens is 212 g/mol. The van der Waals surface area contributed by atoms with Crippen LogP contribution in [0.1, 0.15) is 30.1 Å². The van der Waals surface area contributed by atoms with Gasteiger partial charge in [-0.05, 0) is 19.8 Å². The molecule has 1 aliphatic carbocycles. The van der Waals surface area contributed by atoms with Crippen LogP contribution in [0.25, 0.3) is 0 Å². The highest BCUT2D eigenvalue weighted by Crippen LogP contribution is 2.39. The second kappa shape index (κ2) is 4.19. The lowest BCUT2D eigenvalue weighted by Gasteiger charge is -2.08. The average Bonchev–Trinajstić information content (AvgIpc) is 3.03. The highest BCUT2D eigenvalue weighted by atomic mass is 35.5. The van der Waals surface area contributed by atoms with E-state index < -0.39 is 0 Å². The van der Waals surface area contributed by atoms with E-state index in [1.54, 1.807) is 6.08 Å². The maximum atomic E-state index is 6.01. The van der Waals surface area contributed by atoms with Crippen molar-refractivity contribution < 1.29 is 4.74 Å². The van der Waals surface area contributed by atoms with E-state index in [0.717, 1.165) is 24.2 Å². The van der Waals surface area contributed by atoms with Crippen LogP contribution < -0.4 is 4.74 Å². The Bertz CT molecular complexity index is 388. The molecular formula is C11H13ClN2O. The van der Waals surface area contributed by atoms with Gasteiger partial charge >= 0.3 is 0 Å². The van der Waals surface area contributed by atoms with Crippen LogP contribution in [0.15, 0.2) is 12.7 Å². The minimum Gasteiger partial charge on any atom is -0.473 e. The highest BCUT2D eigenvalue weighted by molar-refractivity contribution is 6.30. The van der Waals surface area contributed by atoms with Gasteiger partial charge in [0.15, 0.2) is 0 Å². The van der Waals surface area contributed by atoms with E-state index in [1.807, 2.05) is 6.92 Å². The molecule has 80 valence electrons. The minimum atomic E-state index is 0.443. The Balaban J connectivity index is 2.28. The fraction of sp³-hybridized carbons (Fsp3) is 0.455. The van der Waals surface area contributed by atoms with Gasteiger partial charge in [0.25, 0.3) is 0 Å². The number of hydrogen-bond donors (Lipinski definition) is 0. The van der Waals surface area contributed by atoms with Gasteiger partial charge in [0.2, 0.25) is 5.88 Å². The summed E-state index contributed by atoms with van der Waals surface area (Å²) < 4.78 is 5.43. The number of rotatable bonds is 4. The molecule has 2 rings (SSSR count). The summed E-state index contributed by atoms with van der Waals surface area (Å²) >= 11 is 6.01. The molecule has 3 nitrogen and oxygen atoms in total. The molecule has 0 unspecified atom stereocenters. The normalized spacial score (nSPS) is 15.1. The number of nitrogens with zero attached hydrogens (tertiary/aromatic N) is 2. The van der Waals surface area contributed by atoms with Gasteiger partial charge in [-0.3, -0.25) is 0 Å². The Morgan fingerprint density at radius 2 is 2.27 bits per heavy atom. The summed E-state index contributed by atoms with van der Waals surface area (Å²) in [6.45, 7) is 5.90. The molecule has 1 aliphatic rings. The molecule has 0 spiro atoms. The summed E-state index contributed by atoms with van der Waals surface area (Å²) in [5.41, 5.74) is 0.794. The lowest BCUT2D eigenvalue weighted by molar-refractivity contribution is 0.343. The van der Waals surface area contributed by atoms with Crippen LogP contribution in [0.2, 0.25) is 5.15 Å². The largest absolute Gasteiger partial charge is 0.473 e. The second-order valence-electron chi connectivity index (χ2n) is 3.68. The predicted molar refractivity (Wildman–Crippen MR) is 59.4 cm³/mol. The second-order valence-corrected chi connectivity index (χ2v) is 4.03. The smallest absolute Gasteiger partial charge is 0.221 e. The monoisotopic (exact) mass is 224 g/mol. The van der Waals surface area contributed by atoms with Crippen molar-refractivity contribution in [2.24, 2.45) is 0 Å². The fourth-order valence-corrected chi connectivity index (χ4v) is 1.46. The summed E-state index contributed by atoms with van der Waals surface area (Å²) in [6.07, 6.45) is 3.99. The van der Waals surface area contributed by atoms with Gasteiger partial charge in [-0.1, -0.05) is 24.3 Å². The molecule has 1 saturated carbocycles. The maximum absolute atomic E-state index is 6.01. The molecule has 1 heterocycles. The van der Waals surface area contributed by atoms with Crippen molar-refractivity contribution in [3.63, 3.8) is 0 Å². The van der Waals surface area contributed by atoms with Crippen molar-refractivity contribution in [3.8, 4) is 5.88 Å². The molecule has 0 amide bonds. The first-order valence-corrected chi connectivity index (χ1v) is 5.38. The van der Waals surface area contributed by atoms with Gasteiger partial charge in [-0.25, -0.2) is 4.98 Å². The first-order valence-electron chi connectivity index (χ1n) is 5.00. The van der Waals surface area contributed by atoms with Gasteiger partial charge in [0, 0.05) is 11.5 Å². The average molecular weight is 225 g/mol. The van der Waals surface area contributed by atoms with Gasteiger partial charge < -0.3 is 4.74 Å². The Labute approximate surface area is 94.1 Å². The van der Waals surface area contributed by atoms with Crippen LogP contribution in [-0.2, 0) is 0 Å². The van der Waals surface area contributed by atoms with Crippen molar-refractivity contribution in [2.75, 3.05) is 6.61 Å². The maximum Gasteiger partial charge on any atom is 0.221 e. The topological polar surface area (TPSA) is 35.0 Å². The Kier molecular flexibility index (Phi) is 2.91. The number of hydrogen-bond acceptors (Lipinski definition) is 3. The van der Waals surface area contributed by atoms with E-state index in [1.165, 1.54) is 0 Å². The molecule has 1 fully saturated rings. The molecule has 0 radical (unpaired) electrons. The van der Waals surface area contributed by atoms with Crippen molar-refractivity contribution in [1.29, 1.82) is 0 Å². The Morgan fingerprint density at radius 3 is 2.87 bits per heavy atom. The van der Waals surface area contributed by atoms with E-state index in [-0.39, 0.29) is 0 Å². The van der Waals surface area contributed by atoms with Crippen molar-refractivity contribution >= 4 is 11.6 Å². The van der Waals surface area contributed by atoms with Crippen LogP contribution in [0.4, 0.5) is 0 Å². The lowest BCUT2D eigenvalue weighted by Crippen LogP contribution is -2.03. The molecule has 4 heteroatoms. The highest BCUT2D eigenvalue weighted by Gasteiger charge is 2.28. The van der Waals surface area contributed by atoms with E-state index >= 15 is 0 Å². The third-order valence-electron chi connectivity index (χ3n) is 2.34. The van der Waals surface area contributed by atoms with E-state index in [2.05, 4.69) is 16.5 Å². The zero-order chi connectivity index (χ0) is 10.8. The standard InChI is InChI=1S/C11H13ClN2O/c1-3-6-15-11-7(2)9(12)13-10(14-11)8-4-5-8/h3,8H,1,4-6H2,2H3. The number of ether oxygens (including phenoxy) is 1. The Hall–Kier alpha value is -1.09. The molecule has 1 aromatic heterocycles. The molecule has 0 saturated heterocycles. The predicted octanol–water partition coefficient (Wildman–Crippen LogP) is 2.88. The molecule has 0 aliphatic heterocycles. The van der Waals surface area contributed by atoms with Crippen LogP contribution in [0.5, 0.6) is 5.88 Å². The molecule has 1 aromatic rings. The SMILES string of the molecule is C=CCOc1nc(C2CC2)nc(Cl)c1C. The first-order chi connectivity index (χ1) is 7.22. The van der Waals surface area contributed by atoms with Gasteiger partial charge in [0.05, 0.1) is 0 Å². The van der Waals surface area contributed by atoms with Gasteiger partial charge in [-0.15, -0.1) is 0 Å². The van der Waals surface area contributed by atoms with Crippen molar-refractivity contribution in [1.82, 2.24) is 9.97 Å². The van der Waals surface area contributed by atoms with E-state index in [9.17, 15) is 0 Å². The molecule has 0 N–H and O–H groups in total. The number of halogens is 1. The zero-order valence-electron chi connectivity index (χ0n) is 8.66. The van der Waals surface area contributed by atoms with Gasteiger partial charge in [-0.2, -0.15) is 4.98 Å². The zero-order valence-corrected chi connectivity index (χ0v) is 9.42. The van der Waals surface area contributed by atoms with Crippen molar-refractivity contribution in [3.05, 3.63) is 29.2 Å². The van der Waals surface area contributed by atoms with Crippen LogP contribution in [0.3, 0.4) is 0 Å². The molecule has 0 aromatic carbocycles. The summed E-state index contributed by atoms with van der Waals surface area (Å²) in [5.74, 6) is 1.87. The fourth-order valence-electron chi connectivity index (χ4n) is 1.29. The van der Waals surface area contributed by atoms with E-state index in [4.69, 9.17) is 16.3 Å². The van der Waals surface area contributed by atoms with Crippen LogP contribution in [-0.4, -0.2) is 16.6 Å². The first kappa shape index (κ1) is 10.4. The molecule has 0 atom stereocenters. The molecule has 0 bridgehead atoms. The third-order valence-corrected chi connectivity index (χ3v) is 2.71. The summed E-state index contributed by atoms with van der Waals surface area (Å²) in [5, 5.41) is 0.492. The summed E-state index contributed by atoms with van der Waals surface area (Å²) in [7, 11) is 0. The van der Waals surface area contributed by atoms with Crippen molar-refractivity contribution in [2.45, 2.75) is 25.7 Å². The summed E-state index contributed by atoms with van der Waals surface area (Å²) in [4.78, 5) is 8.62. The third kappa shape index (κ3) is 2.29. The lowest BCUT2D eigenvalue weighted by atomic mass is 10.3. The summed E-state index contributed by atoms with van der Waals surface area (Å²) in [6, 6.07) is 0. The quantitative estimate of drug-likeness (QED) is 0.583. The van der Waals surface area contributed by atoms with Crippen LogP contribution >= 0.6 is 11.6 Å². The minimum absolute atomic E-state index is 0.443.